The lowest BCUT2D eigenvalue weighted by atomic mass is 10.2. The monoisotopic (exact) mass is 274 g/mol. The van der Waals surface area contributed by atoms with Gasteiger partial charge in [0, 0.05) is 39.4 Å². The minimum atomic E-state index is -1.34. The van der Waals surface area contributed by atoms with Gasteiger partial charge in [0.2, 0.25) is 0 Å². The number of nitrogens with zero attached hydrogens (tertiary/aromatic N) is 2. The van der Waals surface area contributed by atoms with Gasteiger partial charge in [-0.05, 0) is 39.9 Å². The summed E-state index contributed by atoms with van der Waals surface area (Å²) in [6.45, 7) is 11.9. The quantitative estimate of drug-likeness (QED) is 0.467. The fourth-order valence-corrected chi connectivity index (χ4v) is 4.10. The Kier molecular flexibility index (Phi) is 8.88. The molecule has 4 nitrogen and oxygen atoms in total. The van der Waals surface area contributed by atoms with Crippen molar-refractivity contribution in [1.82, 2.24) is 9.80 Å². The van der Waals surface area contributed by atoms with Gasteiger partial charge in [-0.15, -0.1) is 0 Å². The van der Waals surface area contributed by atoms with Crippen LogP contribution in [0.1, 0.15) is 26.7 Å². The molecule has 1 saturated heterocycles. The summed E-state index contributed by atoms with van der Waals surface area (Å²) >= 11 is 0. The molecule has 1 aliphatic heterocycles. The van der Waals surface area contributed by atoms with Gasteiger partial charge in [-0.1, -0.05) is 6.42 Å². The van der Waals surface area contributed by atoms with Gasteiger partial charge in [0.05, 0.1) is 0 Å². The van der Waals surface area contributed by atoms with Crippen molar-refractivity contribution in [3.63, 3.8) is 0 Å². The van der Waals surface area contributed by atoms with Crippen LogP contribution in [0.25, 0.3) is 0 Å². The average Bonchev–Trinajstić information content (AvgIpc) is 2.37. The standard InChI is InChI=1S/C13H30N2O2Si/c1-4-16-18(17-5-2)13-7-6-8-15-11-9-14(3)10-12-15/h18H,4-13H2,1-3H3. The molecular formula is C13H30N2O2Si. The predicted molar refractivity (Wildman–Crippen MR) is 78.4 cm³/mol. The summed E-state index contributed by atoms with van der Waals surface area (Å²) in [5.41, 5.74) is 0. The number of unbranched alkanes of at least 4 members (excludes halogenated alkanes) is 1. The highest BCUT2D eigenvalue weighted by molar-refractivity contribution is 6.44. The van der Waals surface area contributed by atoms with Crippen LogP contribution in [0, 0.1) is 0 Å². The number of rotatable bonds is 9. The van der Waals surface area contributed by atoms with Gasteiger partial charge in [-0.3, -0.25) is 0 Å². The first-order valence-electron chi connectivity index (χ1n) is 7.40. The Labute approximate surface area is 114 Å². The van der Waals surface area contributed by atoms with E-state index in [-0.39, 0.29) is 0 Å². The van der Waals surface area contributed by atoms with E-state index in [2.05, 4.69) is 30.7 Å². The van der Waals surface area contributed by atoms with Crippen LogP contribution >= 0.6 is 0 Å². The van der Waals surface area contributed by atoms with E-state index in [1.807, 2.05) is 0 Å². The third-order valence-electron chi connectivity index (χ3n) is 3.47. The summed E-state index contributed by atoms with van der Waals surface area (Å²) in [5, 5.41) is 0. The highest BCUT2D eigenvalue weighted by atomic mass is 28.3. The SMILES string of the molecule is CCO[SiH](CCCCN1CCN(C)CC1)OCC. The third-order valence-corrected chi connectivity index (χ3v) is 5.76. The summed E-state index contributed by atoms with van der Waals surface area (Å²) in [7, 11) is 0.861. The molecule has 0 N–H and O–H groups in total. The normalized spacial score (nSPS) is 18.7. The molecular weight excluding hydrogens is 244 g/mol. The summed E-state index contributed by atoms with van der Waals surface area (Å²) < 4.78 is 11.4. The number of piperazine rings is 1. The van der Waals surface area contributed by atoms with E-state index in [1.54, 1.807) is 0 Å². The lowest BCUT2D eigenvalue weighted by molar-refractivity contribution is 0.152. The molecule has 0 unspecified atom stereocenters. The van der Waals surface area contributed by atoms with Crippen molar-refractivity contribution >= 4 is 9.28 Å². The summed E-state index contributed by atoms with van der Waals surface area (Å²) in [5.74, 6) is 0. The number of likely N-dealkylation sites (N-methyl/N-ethyl adjacent to an activating group) is 1. The maximum absolute atomic E-state index is 5.68. The highest BCUT2D eigenvalue weighted by Gasteiger charge is 2.14. The Morgan fingerprint density at radius 1 is 0.944 bits per heavy atom. The van der Waals surface area contributed by atoms with Crippen LogP contribution in [0.15, 0.2) is 0 Å². The molecule has 1 fully saturated rings. The van der Waals surface area contributed by atoms with Crippen molar-refractivity contribution in [3.8, 4) is 0 Å². The number of hydrogen-bond acceptors (Lipinski definition) is 4. The van der Waals surface area contributed by atoms with Crippen LogP contribution in [-0.4, -0.2) is 72.1 Å². The molecule has 1 rings (SSSR count). The van der Waals surface area contributed by atoms with E-state index in [0.717, 1.165) is 19.3 Å². The molecule has 108 valence electrons. The smallest absolute Gasteiger partial charge is 0.321 e. The van der Waals surface area contributed by atoms with Crippen molar-refractivity contribution in [3.05, 3.63) is 0 Å². The van der Waals surface area contributed by atoms with Crippen molar-refractivity contribution in [2.45, 2.75) is 32.7 Å². The van der Waals surface area contributed by atoms with E-state index in [1.165, 1.54) is 45.6 Å². The molecule has 0 saturated carbocycles. The predicted octanol–water partition coefficient (Wildman–Crippen LogP) is 1.31. The summed E-state index contributed by atoms with van der Waals surface area (Å²) in [4.78, 5) is 4.99. The van der Waals surface area contributed by atoms with Crippen molar-refractivity contribution in [1.29, 1.82) is 0 Å². The molecule has 0 amide bonds. The molecule has 0 aromatic carbocycles. The van der Waals surface area contributed by atoms with E-state index in [4.69, 9.17) is 8.85 Å². The zero-order valence-electron chi connectivity index (χ0n) is 12.4. The van der Waals surface area contributed by atoms with Gasteiger partial charge in [0.1, 0.15) is 0 Å². The maximum atomic E-state index is 5.68. The van der Waals surface area contributed by atoms with Crippen molar-refractivity contribution in [2.75, 3.05) is 53.0 Å². The summed E-state index contributed by atoms with van der Waals surface area (Å²) in [6, 6.07) is 1.16. The Morgan fingerprint density at radius 2 is 1.56 bits per heavy atom. The first-order chi connectivity index (χ1) is 8.76. The second-order valence-electron chi connectivity index (χ2n) is 4.98. The molecule has 5 heteroatoms. The molecule has 0 atom stereocenters. The highest BCUT2D eigenvalue weighted by Crippen LogP contribution is 2.07. The Balaban J connectivity index is 2.02. The number of hydrogen-bond donors (Lipinski definition) is 0. The topological polar surface area (TPSA) is 24.9 Å². The molecule has 18 heavy (non-hydrogen) atoms. The second kappa shape index (κ2) is 9.92. The van der Waals surface area contributed by atoms with Crippen LogP contribution in [0.4, 0.5) is 0 Å². The summed E-state index contributed by atoms with van der Waals surface area (Å²) in [6.07, 6.45) is 2.54. The van der Waals surface area contributed by atoms with E-state index >= 15 is 0 Å². The molecule has 0 aromatic heterocycles. The third kappa shape index (κ3) is 6.85. The van der Waals surface area contributed by atoms with Crippen LogP contribution < -0.4 is 0 Å². The van der Waals surface area contributed by atoms with Crippen LogP contribution in [0.5, 0.6) is 0 Å². The lowest BCUT2D eigenvalue weighted by Crippen LogP contribution is -2.44. The van der Waals surface area contributed by atoms with Gasteiger partial charge >= 0.3 is 9.28 Å². The van der Waals surface area contributed by atoms with E-state index < -0.39 is 9.28 Å². The maximum Gasteiger partial charge on any atom is 0.321 e. The zero-order chi connectivity index (χ0) is 13.2. The Hall–Kier alpha value is 0.0569. The molecule has 0 aliphatic carbocycles. The first-order valence-corrected chi connectivity index (χ1v) is 9.16. The molecule has 0 spiro atoms. The fourth-order valence-electron chi connectivity index (χ4n) is 2.30. The van der Waals surface area contributed by atoms with Gasteiger partial charge in [-0.25, -0.2) is 0 Å². The largest absolute Gasteiger partial charge is 0.397 e. The first kappa shape index (κ1) is 16.1. The molecule has 0 bridgehead atoms. The minimum Gasteiger partial charge on any atom is -0.397 e. The molecule has 0 radical (unpaired) electrons. The van der Waals surface area contributed by atoms with Gasteiger partial charge in [-0.2, -0.15) is 0 Å². The Bertz CT molecular complexity index is 193. The molecule has 0 aromatic rings. The van der Waals surface area contributed by atoms with Crippen molar-refractivity contribution < 1.29 is 8.85 Å². The lowest BCUT2D eigenvalue weighted by Gasteiger charge is -2.32. The van der Waals surface area contributed by atoms with Gasteiger partial charge in [0.25, 0.3) is 0 Å². The fraction of sp³-hybridized carbons (Fsp3) is 1.00. The zero-order valence-corrected chi connectivity index (χ0v) is 13.5. The Morgan fingerprint density at radius 3 is 2.11 bits per heavy atom. The molecule has 1 heterocycles. The van der Waals surface area contributed by atoms with E-state index in [0.29, 0.717) is 0 Å². The minimum absolute atomic E-state index is 0.801. The van der Waals surface area contributed by atoms with Crippen LogP contribution in [-0.2, 0) is 8.85 Å². The van der Waals surface area contributed by atoms with Gasteiger partial charge in [0.15, 0.2) is 0 Å². The van der Waals surface area contributed by atoms with Crippen LogP contribution in [0.3, 0.4) is 0 Å². The van der Waals surface area contributed by atoms with Crippen LogP contribution in [0.2, 0.25) is 6.04 Å². The second-order valence-corrected chi connectivity index (χ2v) is 7.08. The van der Waals surface area contributed by atoms with Crippen molar-refractivity contribution in [2.24, 2.45) is 0 Å². The molecule has 1 aliphatic rings. The average molecular weight is 274 g/mol. The van der Waals surface area contributed by atoms with Gasteiger partial charge < -0.3 is 18.7 Å². The van der Waals surface area contributed by atoms with E-state index in [9.17, 15) is 0 Å².